The third-order valence-corrected chi connectivity index (χ3v) is 3.62. The number of fused-ring (bicyclic) bond motifs is 1. The van der Waals surface area contributed by atoms with Gasteiger partial charge in [0, 0.05) is 44.0 Å². The van der Waals surface area contributed by atoms with E-state index in [1.54, 1.807) is 12.4 Å². The number of para-hydroxylation sites is 2. The van der Waals surface area contributed by atoms with Crippen molar-refractivity contribution >= 4 is 16.9 Å². The largest absolute Gasteiger partial charge is 0.355 e. The minimum absolute atomic E-state index is 0.00564. The van der Waals surface area contributed by atoms with Crippen molar-refractivity contribution in [3.63, 3.8) is 0 Å². The number of nitrogens with one attached hydrogen (secondary N) is 1. The van der Waals surface area contributed by atoms with Crippen LogP contribution in [0.2, 0.25) is 0 Å². The number of imidazole rings is 1. The smallest absolute Gasteiger partial charge is 0.221 e. The lowest BCUT2D eigenvalue weighted by atomic mass is 10.2. The Morgan fingerprint density at radius 1 is 1.17 bits per heavy atom. The minimum atomic E-state index is -0.00564. The lowest BCUT2D eigenvalue weighted by Gasteiger charge is -2.09. The molecule has 0 saturated carbocycles. The Morgan fingerprint density at radius 3 is 2.74 bits per heavy atom. The zero-order valence-electron chi connectivity index (χ0n) is 12.8. The summed E-state index contributed by atoms with van der Waals surface area (Å²) < 4.78 is 2.08. The summed E-state index contributed by atoms with van der Waals surface area (Å²) in [6.07, 6.45) is 3.87. The SMILES string of the molecule is NCCNC(=O)CCn1c(-c2ccncc2)nc2ccccc21. The van der Waals surface area contributed by atoms with Crippen LogP contribution in [-0.4, -0.2) is 33.5 Å². The maximum absolute atomic E-state index is 11.9. The van der Waals surface area contributed by atoms with E-state index < -0.39 is 0 Å². The van der Waals surface area contributed by atoms with E-state index in [4.69, 9.17) is 10.7 Å². The van der Waals surface area contributed by atoms with Gasteiger partial charge in [-0.15, -0.1) is 0 Å². The van der Waals surface area contributed by atoms with Crippen molar-refractivity contribution in [1.82, 2.24) is 19.9 Å². The first-order chi connectivity index (χ1) is 11.3. The average Bonchev–Trinajstić information content (AvgIpc) is 2.97. The van der Waals surface area contributed by atoms with E-state index in [9.17, 15) is 4.79 Å². The molecule has 0 aliphatic rings. The molecule has 0 atom stereocenters. The van der Waals surface area contributed by atoms with Crippen LogP contribution in [0.3, 0.4) is 0 Å². The summed E-state index contributed by atoms with van der Waals surface area (Å²) in [7, 11) is 0. The van der Waals surface area contributed by atoms with Crippen LogP contribution in [0.4, 0.5) is 0 Å². The number of aryl methyl sites for hydroxylation is 1. The molecule has 0 unspecified atom stereocenters. The van der Waals surface area contributed by atoms with Gasteiger partial charge in [0.1, 0.15) is 5.82 Å². The van der Waals surface area contributed by atoms with Crippen LogP contribution < -0.4 is 11.1 Å². The van der Waals surface area contributed by atoms with E-state index in [-0.39, 0.29) is 5.91 Å². The quantitative estimate of drug-likeness (QED) is 0.723. The molecular formula is C17H19N5O. The third-order valence-electron chi connectivity index (χ3n) is 3.62. The number of nitrogens with zero attached hydrogens (tertiary/aromatic N) is 3. The summed E-state index contributed by atoms with van der Waals surface area (Å²) in [5.74, 6) is 0.842. The number of rotatable bonds is 6. The molecular weight excluding hydrogens is 290 g/mol. The van der Waals surface area contributed by atoms with Gasteiger partial charge in [-0.05, 0) is 24.3 Å². The number of nitrogens with two attached hydrogens (primary N) is 1. The lowest BCUT2D eigenvalue weighted by Crippen LogP contribution is -2.29. The summed E-state index contributed by atoms with van der Waals surface area (Å²) >= 11 is 0. The molecule has 1 aromatic carbocycles. The number of pyridine rings is 1. The second-order valence-electron chi connectivity index (χ2n) is 5.20. The van der Waals surface area contributed by atoms with Gasteiger partial charge in [0.05, 0.1) is 11.0 Å². The van der Waals surface area contributed by atoms with Crippen molar-refractivity contribution in [3.8, 4) is 11.4 Å². The molecule has 0 saturated heterocycles. The maximum atomic E-state index is 11.9. The first-order valence-electron chi connectivity index (χ1n) is 7.62. The minimum Gasteiger partial charge on any atom is -0.355 e. The van der Waals surface area contributed by atoms with Crippen LogP contribution >= 0.6 is 0 Å². The highest BCUT2D eigenvalue weighted by Crippen LogP contribution is 2.24. The number of amides is 1. The molecule has 118 valence electrons. The second kappa shape index (κ2) is 7.02. The molecule has 0 bridgehead atoms. The monoisotopic (exact) mass is 309 g/mol. The normalized spacial score (nSPS) is 10.8. The molecule has 0 aliphatic carbocycles. The molecule has 0 radical (unpaired) electrons. The Labute approximate surface area is 134 Å². The Hall–Kier alpha value is -2.73. The van der Waals surface area contributed by atoms with Gasteiger partial charge in [-0.25, -0.2) is 4.98 Å². The highest BCUT2D eigenvalue weighted by molar-refractivity contribution is 5.81. The van der Waals surface area contributed by atoms with E-state index in [1.807, 2.05) is 36.4 Å². The van der Waals surface area contributed by atoms with E-state index in [0.717, 1.165) is 22.4 Å². The number of hydrogen-bond donors (Lipinski definition) is 2. The van der Waals surface area contributed by atoms with Crippen LogP contribution in [0.25, 0.3) is 22.4 Å². The van der Waals surface area contributed by atoms with Gasteiger partial charge in [-0.1, -0.05) is 12.1 Å². The molecule has 0 aliphatic heterocycles. The second-order valence-corrected chi connectivity index (χ2v) is 5.20. The molecule has 3 N–H and O–H groups in total. The van der Waals surface area contributed by atoms with Gasteiger partial charge in [0.2, 0.25) is 5.91 Å². The molecule has 23 heavy (non-hydrogen) atoms. The molecule has 2 aromatic heterocycles. The number of aromatic nitrogens is 3. The predicted octanol–water partition coefficient (Wildman–Crippen LogP) is 1.56. The number of carbonyl (C=O) groups excluding carboxylic acids is 1. The van der Waals surface area contributed by atoms with Crippen LogP contribution in [0.1, 0.15) is 6.42 Å². The maximum Gasteiger partial charge on any atom is 0.221 e. The molecule has 6 heteroatoms. The van der Waals surface area contributed by atoms with Crippen LogP contribution in [0.5, 0.6) is 0 Å². The van der Waals surface area contributed by atoms with Crippen molar-refractivity contribution in [2.24, 2.45) is 5.73 Å². The summed E-state index contributed by atoms with van der Waals surface area (Å²) in [5, 5.41) is 2.79. The Morgan fingerprint density at radius 2 is 1.96 bits per heavy atom. The first-order valence-corrected chi connectivity index (χ1v) is 7.62. The molecule has 2 heterocycles. The van der Waals surface area contributed by atoms with Gasteiger partial charge in [-0.3, -0.25) is 9.78 Å². The zero-order chi connectivity index (χ0) is 16.1. The van der Waals surface area contributed by atoms with Crippen molar-refractivity contribution < 1.29 is 4.79 Å². The van der Waals surface area contributed by atoms with Gasteiger partial charge < -0.3 is 15.6 Å². The third kappa shape index (κ3) is 3.37. The Bertz CT molecular complexity index is 797. The lowest BCUT2D eigenvalue weighted by molar-refractivity contribution is -0.121. The molecule has 3 rings (SSSR count). The highest BCUT2D eigenvalue weighted by Gasteiger charge is 2.13. The van der Waals surface area contributed by atoms with Crippen molar-refractivity contribution in [1.29, 1.82) is 0 Å². The van der Waals surface area contributed by atoms with Gasteiger partial charge >= 0.3 is 0 Å². The number of carbonyl (C=O) groups is 1. The number of hydrogen-bond acceptors (Lipinski definition) is 4. The van der Waals surface area contributed by atoms with E-state index >= 15 is 0 Å². The van der Waals surface area contributed by atoms with Crippen molar-refractivity contribution in [2.75, 3.05) is 13.1 Å². The Kier molecular flexibility index (Phi) is 4.63. The topological polar surface area (TPSA) is 85.8 Å². The van der Waals surface area contributed by atoms with Crippen LogP contribution in [0, 0.1) is 0 Å². The molecule has 0 spiro atoms. The van der Waals surface area contributed by atoms with Gasteiger partial charge in [0.15, 0.2) is 0 Å². The highest BCUT2D eigenvalue weighted by atomic mass is 16.1. The average molecular weight is 309 g/mol. The zero-order valence-corrected chi connectivity index (χ0v) is 12.8. The Balaban J connectivity index is 1.92. The summed E-state index contributed by atoms with van der Waals surface area (Å²) in [4.78, 5) is 20.6. The predicted molar refractivity (Wildman–Crippen MR) is 89.6 cm³/mol. The summed E-state index contributed by atoms with van der Waals surface area (Å²) in [6.45, 7) is 1.51. The number of benzene rings is 1. The standard InChI is InChI=1S/C17H19N5O/c18-8-11-20-16(23)7-12-22-15-4-2-1-3-14(15)21-17(22)13-5-9-19-10-6-13/h1-6,9-10H,7-8,11-12,18H2,(H,20,23). The van der Waals surface area contributed by atoms with Crippen LogP contribution in [-0.2, 0) is 11.3 Å². The van der Waals surface area contributed by atoms with Gasteiger partial charge in [0.25, 0.3) is 0 Å². The fourth-order valence-corrected chi connectivity index (χ4v) is 2.54. The van der Waals surface area contributed by atoms with E-state index in [1.165, 1.54) is 0 Å². The summed E-state index contributed by atoms with van der Waals surface area (Å²) in [5.41, 5.74) is 8.33. The van der Waals surface area contributed by atoms with Gasteiger partial charge in [-0.2, -0.15) is 0 Å². The van der Waals surface area contributed by atoms with Crippen LogP contribution in [0.15, 0.2) is 48.8 Å². The molecule has 0 fully saturated rings. The summed E-state index contributed by atoms with van der Waals surface area (Å²) in [6, 6.07) is 11.8. The fraction of sp³-hybridized carbons (Fsp3) is 0.235. The molecule has 3 aromatic rings. The van der Waals surface area contributed by atoms with Crippen molar-refractivity contribution in [3.05, 3.63) is 48.8 Å². The van der Waals surface area contributed by atoms with E-state index in [0.29, 0.717) is 26.1 Å². The fourth-order valence-electron chi connectivity index (χ4n) is 2.54. The molecule has 6 nitrogen and oxygen atoms in total. The molecule has 1 amide bonds. The first kappa shape index (κ1) is 15.2. The van der Waals surface area contributed by atoms with E-state index in [2.05, 4.69) is 14.9 Å². The van der Waals surface area contributed by atoms with Crippen molar-refractivity contribution in [2.45, 2.75) is 13.0 Å².